The predicted octanol–water partition coefficient (Wildman–Crippen LogP) is 8.95. The van der Waals surface area contributed by atoms with Crippen LogP contribution in [0.2, 0.25) is 0 Å². The van der Waals surface area contributed by atoms with Gasteiger partial charge in [0.2, 0.25) is 17.7 Å². The van der Waals surface area contributed by atoms with Crippen molar-refractivity contribution in [2.24, 2.45) is 13.0 Å². The zero-order chi connectivity index (χ0) is 51.8. The Kier molecular flexibility index (Phi) is 13.9. The number of nitrogens with one attached hydrogen (secondary N) is 3. The number of carboxylic acids is 1. The molecule has 7 aromatic rings. The summed E-state index contributed by atoms with van der Waals surface area (Å²) in [6, 6.07) is 22.3. The Morgan fingerprint density at radius 1 is 0.905 bits per heavy atom. The van der Waals surface area contributed by atoms with Crippen molar-refractivity contribution < 1.29 is 51.4 Å². The van der Waals surface area contributed by atoms with E-state index in [1.165, 1.54) is 46.4 Å². The van der Waals surface area contributed by atoms with E-state index in [0.29, 0.717) is 54.3 Å². The van der Waals surface area contributed by atoms with E-state index in [1.54, 1.807) is 30.1 Å². The first-order valence-electron chi connectivity index (χ1n) is 24.2. The number of carbonyl (C=O) groups excluding carboxylic acids is 4. The molecule has 1 atom stereocenters. The van der Waals surface area contributed by atoms with Crippen molar-refractivity contribution in [1.82, 2.24) is 30.0 Å². The summed E-state index contributed by atoms with van der Waals surface area (Å²) in [5.41, 5.74) is 1.11. The highest BCUT2D eigenvalue weighted by molar-refractivity contribution is 7.22. The summed E-state index contributed by atoms with van der Waals surface area (Å²) in [6.07, 6.45) is -1.10. The van der Waals surface area contributed by atoms with Crippen molar-refractivity contribution in [3.05, 3.63) is 124 Å². The largest absolute Gasteiger partial charge is 0.494 e. The molecule has 2 fully saturated rings. The Balaban J connectivity index is 0.728. The Morgan fingerprint density at radius 2 is 1.70 bits per heavy atom. The number of ether oxygens (including phenoxy) is 1. The van der Waals surface area contributed by atoms with Crippen LogP contribution >= 0.6 is 11.3 Å². The minimum atomic E-state index is -4.86. The molecule has 6 heterocycles. The molecule has 2 saturated heterocycles. The van der Waals surface area contributed by atoms with Gasteiger partial charge < -0.3 is 20.1 Å². The van der Waals surface area contributed by atoms with Gasteiger partial charge in [-0.3, -0.25) is 39.4 Å². The third-order valence-electron chi connectivity index (χ3n) is 13.9. The summed E-state index contributed by atoms with van der Waals surface area (Å²) in [5.74, 6) is -3.99. The van der Waals surface area contributed by atoms with Crippen molar-refractivity contribution in [2.45, 2.75) is 63.6 Å². The molecule has 3 aliphatic heterocycles. The number of thiazole rings is 1. The van der Waals surface area contributed by atoms with E-state index in [0.717, 1.165) is 46.7 Å². The number of likely N-dealkylation sites (tertiary alicyclic amines) is 1. The number of rotatable bonds is 14. The molecule has 4 aromatic carbocycles. The molecular formula is C53H49F4N9O7S. The second kappa shape index (κ2) is 20.6. The van der Waals surface area contributed by atoms with Crippen molar-refractivity contribution in [1.29, 1.82) is 0 Å². The van der Waals surface area contributed by atoms with Gasteiger partial charge in [0.25, 0.3) is 5.91 Å². The predicted molar refractivity (Wildman–Crippen MR) is 269 cm³/mol. The number of piperidine rings is 2. The minimum absolute atomic E-state index is 0.0212. The first-order chi connectivity index (χ1) is 35.6. The maximum absolute atomic E-state index is 15.8. The lowest BCUT2D eigenvalue weighted by Gasteiger charge is -2.31. The van der Waals surface area contributed by atoms with E-state index in [4.69, 9.17) is 4.74 Å². The Labute approximate surface area is 424 Å². The first-order valence-corrected chi connectivity index (χ1v) is 25.0. The van der Waals surface area contributed by atoms with Gasteiger partial charge in [-0.2, -0.15) is 18.3 Å². The van der Waals surface area contributed by atoms with E-state index in [2.05, 4.69) is 31.0 Å². The topological polar surface area (TPSA) is 201 Å². The number of amides is 4. The van der Waals surface area contributed by atoms with Crippen LogP contribution in [0.4, 0.5) is 34.2 Å². The number of benzene rings is 4. The fourth-order valence-corrected chi connectivity index (χ4v) is 11.1. The number of carbonyl (C=O) groups is 5. The molecule has 3 aliphatic rings. The fraction of sp³-hybridized carbons (Fsp3) is 0.321. The molecule has 74 heavy (non-hydrogen) atoms. The van der Waals surface area contributed by atoms with Gasteiger partial charge in [-0.25, -0.2) is 19.2 Å². The molecule has 0 bridgehead atoms. The molecule has 1 unspecified atom stereocenters. The number of aryl methyl sites for hydroxylation is 1. The summed E-state index contributed by atoms with van der Waals surface area (Å²) < 4.78 is 68.0. The highest BCUT2D eigenvalue weighted by Gasteiger charge is 2.37. The van der Waals surface area contributed by atoms with Crippen LogP contribution in [-0.4, -0.2) is 92.1 Å². The van der Waals surface area contributed by atoms with Crippen molar-refractivity contribution in [2.75, 3.05) is 48.3 Å². The standard InChI is InChI=1S/C53H49F4N9O7S/c1-64-48-35(46(63-64)36-15-18-43(67)61-50(36)70)13-16-40(45(48)54)58-44(68)28-65-22-19-29(20-23-65)6-5-25-73-31-11-12-32(38(26-31)53(55,56)57)33-14-17-42(60-47(33)51(71)72)66-24-21-30-7-4-8-34(37(30)27-66)49(69)62-52-59-39-9-2-3-10-41(39)74-52/h2-4,7-14,16-17,26,29,36H,5-6,15,18-25,27-28H2,1H3,(H,58,68)(H,71,72)(H,59,62,69)(H,61,67,70). The lowest BCUT2D eigenvalue weighted by Crippen LogP contribution is -2.39. The van der Waals surface area contributed by atoms with E-state index in [1.807, 2.05) is 35.2 Å². The van der Waals surface area contributed by atoms with Crippen LogP contribution in [0, 0.1) is 11.7 Å². The monoisotopic (exact) mass is 1030 g/mol. The van der Waals surface area contributed by atoms with Crippen molar-refractivity contribution in [3.8, 4) is 16.9 Å². The second-order valence-electron chi connectivity index (χ2n) is 18.7. The zero-order valence-electron chi connectivity index (χ0n) is 39.9. The molecule has 21 heteroatoms. The Bertz CT molecular complexity index is 3340. The number of hydrogen-bond acceptors (Lipinski definition) is 12. The number of aromatic nitrogens is 4. The summed E-state index contributed by atoms with van der Waals surface area (Å²) in [4.78, 5) is 76.2. The molecule has 0 spiro atoms. The highest BCUT2D eigenvalue weighted by atomic mass is 32.1. The molecule has 16 nitrogen and oxygen atoms in total. The maximum Gasteiger partial charge on any atom is 0.417 e. The molecule has 4 amide bonds. The number of pyridine rings is 1. The highest BCUT2D eigenvalue weighted by Crippen LogP contribution is 2.41. The van der Waals surface area contributed by atoms with E-state index in [-0.39, 0.29) is 84.2 Å². The van der Waals surface area contributed by atoms with Crippen LogP contribution in [0.1, 0.15) is 87.7 Å². The molecule has 382 valence electrons. The molecular weight excluding hydrogens is 983 g/mol. The third kappa shape index (κ3) is 10.4. The van der Waals surface area contributed by atoms with Crippen LogP contribution in [0.25, 0.3) is 32.2 Å². The molecule has 10 rings (SSSR count). The van der Waals surface area contributed by atoms with Gasteiger partial charge in [-0.05, 0) is 129 Å². The van der Waals surface area contributed by atoms with Crippen LogP contribution in [0.5, 0.6) is 5.75 Å². The molecule has 3 aromatic heterocycles. The van der Waals surface area contributed by atoms with Crippen molar-refractivity contribution in [3.63, 3.8) is 0 Å². The third-order valence-corrected chi connectivity index (χ3v) is 14.9. The Hall–Kier alpha value is -7.78. The van der Waals surface area contributed by atoms with Crippen LogP contribution in [-0.2, 0) is 40.6 Å². The van der Waals surface area contributed by atoms with Gasteiger partial charge in [0.05, 0.1) is 46.2 Å². The van der Waals surface area contributed by atoms with E-state index >= 15 is 4.39 Å². The number of nitrogens with zero attached hydrogens (tertiary/aromatic N) is 6. The summed E-state index contributed by atoms with van der Waals surface area (Å²) in [6.45, 7) is 2.03. The zero-order valence-corrected chi connectivity index (χ0v) is 40.7. The quantitative estimate of drug-likeness (QED) is 0.0459. The number of carboxylic acid groups (broad SMARTS) is 1. The van der Waals surface area contributed by atoms with Crippen LogP contribution in [0.15, 0.2) is 84.9 Å². The maximum atomic E-state index is 15.8. The number of anilines is 3. The van der Waals surface area contributed by atoms with Gasteiger partial charge in [-0.15, -0.1) is 0 Å². The summed E-state index contributed by atoms with van der Waals surface area (Å²) >= 11 is 1.35. The van der Waals surface area contributed by atoms with Gasteiger partial charge >= 0.3 is 12.1 Å². The van der Waals surface area contributed by atoms with Crippen LogP contribution < -0.4 is 25.6 Å². The second-order valence-corrected chi connectivity index (χ2v) is 19.8. The number of fused-ring (bicyclic) bond motifs is 3. The van der Waals surface area contributed by atoms with Crippen LogP contribution in [0.3, 0.4) is 0 Å². The number of halogens is 4. The number of alkyl halides is 3. The summed E-state index contributed by atoms with van der Waals surface area (Å²) in [5, 5.41) is 23.4. The number of hydrogen-bond donors (Lipinski definition) is 4. The smallest absolute Gasteiger partial charge is 0.417 e. The molecule has 4 N–H and O–H groups in total. The number of imide groups is 1. The first kappa shape index (κ1) is 49.8. The fourth-order valence-electron chi connectivity index (χ4n) is 10.2. The van der Waals surface area contributed by atoms with Crippen molar-refractivity contribution >= 4 is 78.7 Å². The SMILES string of the molecule is Cn1nc(C2CCC(=O)NC2=O)c2ccc(NC(=O)CN3CCC(CCCOc4ccc(-c5ccc(N6CCc7cccc(C(=O)Nc8nc9ccccc9s8)c7C6)nc5C(=O)O)c(C(F)(F)F)c4)CC3)c(F)c21. The molecule has 0 radical (unpaired) electrons. The molecule has 0 saturated carbocycles. The van der Waals surface area contributed by atoms with E-state index in [9.17, 15) is 42.3 Å². The molecule has 0 aliphatic carbocycles. The average molecular weight is 1030 g/mol. The normalized spacial score (nSPS) is 16.6. The Morgan fingerprint density at radius 3 is 2.47 bits per heavy atom. The number of para-hydroxylation sites is 1. The van der Waals surface area contributed by atoms with Gasteiger partial charge in [0.1, 0.15) is 17.1 Å². The number of aromatic carboxylic acids is 1. The lowest BCUT2D eigenvalue weighted by molar-refractivity contribution is -0.137. The minimum Gasteiger partial charge on any atom is -0.494 e. The van der Waals surface area contributed by atoms with Gasteiger partial charge in [0.15, 0.2) is 16.6 Å². The average Bonchev–Trinajstić information content (AvgIpc) is 3.96. The lowest BCUT2D eigenvalue weighted by atomic mass is 9.92. The van der Waals surface area contributed by atoms with Gasteiger partial charge in [-0.1, -0.05) is 41.7 Å². The summed E-state index contributed by atoms with van der Waals surface area (Å²) in [7, 11) is 1.55. The van der Waals surface area contributed by atoms with E-state index < -0.39 is 47.0 Å². The van der Waals surface area contributed by atoms with Gasteiger partial charge in [0, 0.05) is 43.1 Å².